The molecule has 0 saturated heterocycles. The van der Waals surface area contributed by atoms with Gasteiger partial charge in [0.05, 0.1) is 24.3 Å². The monoisotopic (exact) mass is 425 g/mol. The summed E-state index contributed by atoms with van der Waals surface area (Å²) in [4.78, 5) is 4.57. The third kappa shape index (κ3) is 3.24. The molecular formula is C21H17ClFN5O2. The minimum absolute atomic E-state index is 0.244. The van der Waals surface area contributed by atoms with Crippen LogP contribution >= 0.6 is 11.6 Å². The first kappa shape index (κ1) is 18.8. The smallest absolute Gasteiger partial charge is 0.166 e. The highest BCUT2D eigenvalue weighted by atomic mass is 35.5. The summed E-state index contributed by atoms with van der Waals surface area (Å²) in [5, 5.41) is 9.29. The Balaban J connectivity index is 1.58. The number of rotatable bonds is 5. The molecule has 9 heteroatoms. The zero-order valence-electron chi connectivity index (χ0n) is 16.0. The molecular weight excluding hydrogens is 409 g/mol. The second kappa shape index (κ2) is 7.55. The molecule has 7 nitrogen and oxygen atoms in total. The number of methoxy groups -OCH3 is 1. The van der Waals surface area contributed by atoms with Crippen LogP contribution in [-0.4, -0.2) is 31.4 Å². The number of ether oxygens (including phenoxy) is 2. The van der Waals surface area contributed by atoms with Crippen molar-refractivity contribution in [2.75, 3.05) is 7.11 Å². The lowest BCUT2D eigenvalue weighted by atomic mass is 10.1. The molecule has 1 aliphatic heterocycles. The lowest BCUT2D eigenvalue weighted by molar-refractivity contribution is 0.174. The summed E-state index contributed by atoms with van der Waals surface area (Å²) in [6, 6.07) is 11.6. The van der Waals surface area contributed by atoms with E-state index in [9.17, 15) is 4.39 Å². The van der Waals surface area contributed by atoms with Gasteiger partial charge < -0.3 is 18.6 Å². The third-order valence-corrected chi connectivity index (χ3v) is 5.24. The molecule has 0 atom stereocenters. The van der Waals surface area contributed by atoms with Crippen LogP contribution in [0, 0.1) is 5.82 Å². The van der Waals surface area contributed by atoms with Gasteiger partial charge in [0.25, 0.3) is 0 Å². The van der Waals surface area contributed by atoms with Gasteiger partial charge in [-0.25, -0.2) is 9.37 Å². The number of benzene rings is 2. The molecule has 0 saturated carbocycles. The average molecular weight is 426 g/mol. The van der Waals surface area contributed by atoms with Gasteiger partial charge in [0.1, 0.15) is 30.5 Å². The van der Waals surface area contributed by atoms with E-state index in [2.05, 4.69) is 15.2 Å². The van der Waals surface area contributed by atoms with Gasteiger partial charge in [-0.15, -0.1) is 10.2 Å². The van der Waals surface area contributed by atoms with Crippen molar-refractivity contribution in [1.29, 1.82) is 0 Å². The predicted molar refractivity (Wildman–Crippen MR) is 108 cm³/mol. The summed E-state index contributed by atoms with van der Waals surface area (Å²) in [5.41, 5.74) is 3.48. The standard InChI is InChI=1S/C21H17ClFN5O2/c1-29-11-20-25-26-21-16-8-13(22)2-7-18(16)28-12-24-17(19(28)9-27(20)21)10-30-15-5-3-14(23)4-6-15/h2-8,12H,9-11H2,1H3. The Kier molecular flexibility index (Phi) is 4.72. The first-order chi connectivity index (χ1) is 14.6. The zero-order chi connectivity index (χ0) is 20.7. The maximum Gasteiger partial charge on any atom is 0.166 e. The van der Waals surface area contributed by atoms with E-state index in [1.165, 1.54) is 12.1 Å². The minimum Gasteiger partial charge on any atom is -0.487 e. The first-order valence-electron chi connectivity index (χ1n) is 9.29. The van der Waals surface area contributed by atoms with Crippen LogP contribution in [0.3, 0.4) is 0 Å². The number of fused-ring (bicyclic) bond motifs is 5. The molecule has 2 aromatic heterocycles. The quantitative estimate of drug-likeness (QED) is 0.425. The first-order valence-corrected chi connectivity index (χ1v) is 9.66. The molecule has 152 valence electrons. The van der Waals surface area contributed by atoms with Gasteiger partial charge in [-0.3, -0.25) is 0 Å². The van der Waals surface area contributed by atoms with Crippen LogP contribution in [0.1, 0.15) is 17.2 Å². The lowest BCUT2D eigenvalue weighted by Gasteiger charge is -2.10. The van der Waals surface area contributed by atoms with E-state index >= 15 is 0 Å². The molecule has 3 heterocycles. The Morgan fingerprint density at radius 2 is 1.93 bits per heavy atom. The molecule has 1 aliphatic rings. The second-order valence-corrected chi connectivity index (χ2v) is 7.31. The summed E-state index contributed by atoms with van der Waals surface area (Å²) < 4.78 is 28.3. The van der Waals surface area contributed by atoms with Crippen LogP contribution in [0.5, 0.6) is 5.75 Å². The maximum atomic E-state index is 13.1. The average Bonchev–Trinajstić information content (AvgIpc) is 3.29. The zero-order valence-corrected chi connectivity index (χ0v) is 16.8. The summed E-state index contributed by atoms with van der Waals surface area (Å²) in [5.74, 6) is 1.69. The Hall–Kier alpha value is -3.23. The van der Waals surface area contributed by atoms with E-state index in [0.29, 0.717) is 35.6 Å². The molecule has 0 bridgehead atoms. The van der Waals surface area contributed by atoms with Gasteiger partial charge in [-0.2, -0.15) is 0 Å². The fourth-order valence-electron chi connectivity index (χ4n) is 3.57. The molecule has 0 radical (unpaired) electrons. The highest BCUT2D eigenvalue weighted by molar-refractivity contribution is 6.31. The molecule has 5 rings (SSSR count). The van der Waals surface area contributed by atoms with Gasteiger partial charge in [0.2, 0.25) is 0 Å². The number of halogens is 2. The van der Waals surface area contributed by atoms with Crippen molar-refractivity contribution in [3.8, 4) is 22.8 Å². The topological polar surface area (TPSA) is 67.0 Å². The SMILES string of the molecule is COCc1nnc2n1Cc1c(COc3ccc(F)cc3)ncn1-c1ccc(Cl)cc1-2. The fourth-order valence-corrected chi connectivity index (χ4v) is 3.74. The van der Waals surface area contributed by atoms with Crippen LogP contribution in [0.25, 0.3) is 17.1 Å². The Labute approximate surface area is 176 Å². The van der Waals surface area contributed by atoms with Crippen molar-refractivity contribution in [2.24, 2.45) is 0 Å². The molecule has 30 heavy (non-hydrogen) atoms. The molecule has 0 fully saturated rings. The predicted octanol–water partition coefficient (Wildman–Crippen LogP) is 4.01. The molecule has 0 amide bonds. The van der Waals surface area contributed by atoms with Crippen molar-refractivity contribution in [2.45, 2.75) is 19.8 Å². The van der Waals surface area contributed by atoms with Crippen LogP contribution in [-0.2, 0) is 24.5 Å². The van der Waals surface area contributed by atoms with Crippen molar-refractivity contribution in [3.05, 3.63) is 76.8 Å². The second-order valence-electron chi connectivity index (χ2n) is 6.87. The number of imidazole rings is 1. The molecule has 0 unspecified atom stereocenters. The van der Waals surface area contributed by atoms with Gasteiger partial charge >= 0.3 is 0 Å². The summed E-state index contributed by atoms with van der Waals surface area (Å²) >= 11 is 6.27. The normalized spacial score (nSPS) is 12.1. The number of hydrogen-bond acceptors (Lipinski definition) is 5. The van der Waals surface area contributed by atoms with E-state index in [0.717, 1.165) is 22.6 Å². The molecule has 0 aliphatic carbocycles. The molecule has 2 aromatic carbocycles. The maximum absolute atomic E-state index is 13.1. The highest BCUT2D eigenvalue weighted by Gasteiger charge is 2.26. The fraction of sp³-hybridized carbons (Fsp3) is 0.190. The largest absolute Gasteiger partial charge is 0.487 e. The lowest BCUT2D eigenvalue weighted by Crippen LogP contribution is -2.11. The van der Waals surface area contributed by atoms with Crippen LogP contribution in [0.2, 0.25) is 5.02 Å². The highest BCUT2D eigenvalue weighted by Crippen LogP contribution is 2.34. The molecule has 4 aromatic rings. The Morgan fingerprint density at radius 3 is 2.73 bits per heavy atom. The van der Waals surface area contributed by atoms with Crippen molar-refractivity contribution in [1.82, 2.24) is 24.3 Å². The van der Waals surface area contributed by atoms with Crippen LogP contribution in [0.4, 0.5) is 4.39 Å². The van der Waals surface area contributed by atoms with Gasteiger partial charge in [0, 0.05) is 17.7 Å². The van der Waals surface area contributed by atoms with Crippen molar-refractivity contribution < 1.29 is 13.9 Å². The van der Waals surface area contributed by atoms with Crippen LogP contribution in [0.15, 0.2) is 48.8 Å². The summed E-state index contributed by atoms with van der Waals surface area (Å²) in [6.07, 6.45) is 1.77. The Bertz CT molecular complexity index is 1220. The third-order valence-electron chi connectivity index (χ3n) is 5.01. The van der Waals surface area contributed by atoms with E-state index in [1.807, 2.05) is 27.3 Å². The van der Waals surface area contributed by atoms with Gasteiger partial charge in [0.15, 0.2) is 11.6 Å². The van der Waals surface area contributed by atoms with E-state index in [-0.39, 0.29) is 12.4 Å². The van der Waals surface area contributed by atoms with Crippen molar-refractivity contribution >= 4 is 11.6 Å². The summed E-state index contributed by atoms with van der Waals surface area (Å²) in [7, 11) is 1.62. The molecule has 0 spiro atoms. The minimum atomic E-state index is -0.306. The van der Waals surface area contributed by atoms with E-state index in [4.69, 9.17) is 21.1 Å². The van der Waals surface area contributed by atoms with E-state index in [1.54, 1.807) is 25.6 Å². The van der Waals surface area contributed by atoms with Crippen molar-refractivity contribution in [3.63, 3.8) is 0 Å². The molecule has 0 N–H and O–H groups in total. The van der Waals surface area contributed by atoms with Gasteiger partial charge in [-0.05, 0) is 42.5 Å². The number of nitrogens with zero attached hydrogens (tertiary/aromatic N) is 5. The summed E-state index contributed by atoms with van der Waals surface area (Å²) in [6.45, 7) is 1.07. The Morgan fingerprint density at radius 1 is 1.10 bits per heavy atom. The number of hydrogen-bond donors (Lipinski definition) is 0. The number of aromatic nitrogens is 5. The van der Waals surface area contributed by atoms with Gasteiger partial charge in [-0.1, -0.05) is 11.6 Å². The van der Waals surface area contributed by atoms with Crippen LogP contribution < -0.4 is 4.74 Å². The van der Waals surface area contributed by atoms with E-state index < -0.39 is 0 Å².